The van der Waals surface area contributed by atoms with Gasteiger partial charge in [-0.2, -0.15) is 0 Å². The Morgan fingerprint density at radius 1 is 1.55 bits per heavy atom. The summed E-state index contributed by atoms with van der Waals surface area (Å²) in [5, 5.41) is 5.88. The summed E-state index contributed by atoms with van der Waals surface area (Å²) in [5.74, 6) is -1.48. The van der Waals surface area contributed by atoms with Crippen LogP contribution in [0.25, 0.3) is 0 Å². The molecule has 6 heteroatoms. The number of ether oxygens (including phenoxy) is 1. The zero-order valence-corrected chi connectivity index (χ0v) is 11.3. The van der Waals surface area contributed by atoms with Gasteiger partial charge in [0.1, 0.15) is 11.6 Å². The molecule has 1 aromatic rings. The third kappa shape index (κ3) is 3.98. The van der Waals surface area contributed by atoms with Gasteiger partial charge in [0.05, 0.1) is 19.3 Å². The van der Waals surface area contributed by atoms with Crippen molar-refractivity contribution in [3.8, 4) is 0 Å². The number of benzene rings is 1. The van der Waals surface area contributed by atoms with Gasteiger partial charge in [-0.05, 0) is 13.0 Å². The molecule has 0 bridgehead atoms. The van der Waals surface area contributed by atoms with Gasteiger partial charge in [-0.25, -0.2) is 8.78 Å². The minimum atomic E-state index is -0.656. The number of hydrogen-bond donors (Lipinski definition) is 2. The van der Waals surface area contributed by atoms with E-state index in [2.05, 4.69) is 10.6 Å². The van der Waals surface area contributed by atoms with E-state index < -0.39 is 17.7 Å². The normalized spacial score (nSPS) is 20.4. The molecule has 0 aliphatic carbocycles. The second-order valence-electron chi connectivity index (χ2n) is 4.89. The van der Waals surface area contributed by atoms with Crippen LogP contribution in [-0.2, 0) is 9.53 Å². The second-order valence-corrected chi connectivity index (χ2v) is 4.89. The second kappa shape index (κ2) is 6.76. The number of rotatable bonds is 4. The van der Waals surface area contributed by atoms with Gasteiger partial charge in [-0.3, -0.25) is 4.79 Å². The van der Waals surface area contributed by atoms with E-state index in [1.807, 2.05) is 0 Å². The molecule has 110 valence electrons. The molecule has 1 amide bonds. The number of carbonyl (C=O) groups excluding carboxylic acids is 1. The molecule has 1 aliphatic heterocycles. The lowest BCUT2D eigenvalue weighted by molar-refractivity contribution is -0.122. The Morgan fingerprint density at radius 3 is 3.00 bits per heavy atom. The smallest absolute Gasteiger partial charge is 0.222 e. The summed E-state index contributed by atoms with van der Waals surface area (Å²) in [4.78, 5) is 11.9. The third-order valence-corrected chi connectivity index (χ3v) is 3.24. The van der Waals surface area contributed by atoms with E-state index in [0.29, 0.717) is 13.2 Å². The molecule has 2 atom stereocenters. The summed E-state index contributed by atoms with van der Waals surface area (Å²) in [7, 11) is 0. The van der Waals surface area contributed by atoms with Gasteiger partial charge in [0.25, 0.3) is 0 Å². The lowest BCUT2D eigenvalue weighted by Gasteiger charge is -2.24. The zero-order valence-electron chi connectivity index (χ0n) is 11.3. The van der Waals surface area contributed by atoms with Crippen LogP contribution in [0.4, 0.5) is 8.78 Å². The summed E-state index contributed by atoms with van der Waals surface area (Å²) in [5.41, 5.74) is 0.271. The van der Waals surface area contributed by atoms with Crippen LogP contribution >= 0.6 is 0 Å². The maximum atomic E-state index is 13.6. The molecular weight excluding hydrogens is 266 g/mol. The molecule has 1 fully saturated rings. The lowest BCUT2D eigenvalue weighted by Crippen LogP contribution is -2.44. The van der Waals surface area contributed by atoms with E-state index in [1.165, 1.54) is 12.1 Å². The first-order chi connectivity index (χ1) is 9.56. The third-order valence-electron chi connectivity index (χ3n) is 3.24. The van der Waals surface area contributed by atoms with E-state index in [4.69, 9.17) is 4.74 Å². The van der Waals surface area contributed by atoms with Crippen LogP contribution in [0.1, 0.15) is 24.9 Å². The van der Waals surface area contributed by atoms with Crippen molar-refractivity contribution >= 4 is 5.91 Å². The zero-order chi connectivity index (χ0) is 14.5. The van der Waals surface area contributed by atoms with Gasteiger partial charge in [0.15, 0.2) is 0 Å². The van der Waals surface area contributed by atoms with E-state index in [0.717, 1.165) is 12.6 Å². The maximum Gasteiger partial charge on any atom is 0.222 e. The molecule has 2 N–H and O–H groups in total. The highest BCUT2D eigenvalue weighted by molar-refractivity contribution is 5.77. The van der Waals surface area contributed by atoms with Crippen LogP contribution in [0.2, 0.25) is 0 Å². The summed E-state index contributed by atoms with van der Waals surface area (Å²) >= 11 is 0. The van der Waals surface area contributed by atoms with Crippen LogP contribution in [-0.4, -0.2) is 31.7 Å². The number of halogens is 2. The summed E-state index contributed by atoms with van der Waals surface area (Å²) in [6.45, 7) is 3.53. The molecule has 0 saturated carbocycles. The first kappa shape index (κ1) is 14.9. The molecule has 4 nitrogen and oxygen atoms in total. The highest BCUT2D eigenvalue weighted by Gasteiger charge is 2.19. The number of nitrogens with one attached hydrogen (secondary N) is 2. The van der Waals surface area contributed by atoms with Gasteiger partial charge in [0, 0.05) is 30.6 Å². The monoisotopic (exact) mass is 284 g/mol. The molecule has 1 aliphatic rings. The molecule has 2 rings (SSSR count). The predicted molar refractivity (Wildman–Crippen MR) is 70.1 cm³/mol. The lowest BCUT2D eigenvalue weighted by atomic mass is 10.1. The standard InChI is InChI=1S/C14H18F2N2O2/c1-9(12-3-2-10(15)6-13(12)16)18-14(19)7-11-8-20-5-4-17-11/h2-3,6,9,11,17H,4-5,7-8H2,1H3,(H,18,19)/t9-,11?/m1/s1. The molecular formula is C14H18F2N2O2. The van der Waals surface area contributed by atoms with Crippen LogP contribution in [0.3, 0.4) is 0 Å². The van der Waals surface area contributed by atoms with Crippen molar-refractivity contribution in [3.63, 3.8) is 0 Å². The number of hydrogen-bond acceptors (Lipinski definition) is 3. The highest BCUT2D eigenvalue weighted by Crippen LogP contribution is 2.17. The average Bonchev–Trinajstić information content (AvgIpc) is 2.39. The Hall–Kier alpha value is -1.53. The Bertz CT molecular complexity index is 476. The fourth-order valence-electron chi connectivity index (χ4n) is 2.21. The number of carbonyl (C=O) groups is 1. The maximum absolute atomic E-state index is 13.6. The van der Waals surface area contributed by atoms with E-state index in [9.17, 15) is 13.6 Å². The number of morpholine rings is 1. The van der Waals surface area contributed by atoms with E-state index in [-0.39, 0.29) is 23.9 Å². The fraction of sp³-hybridized carbons (Fsp3) is 0.500. The van der Waals surface area contributed by atoms with E-state index in [1.54, 1.807) is 6.92 Å². The van der Waals surface area contributed by atoms with Crippen molar-refractivity contribution in [1.82, 2.24) is 10.6 Å². The first-order valence-corrected chi connectivity index (χ1v) is 6.61. The highest BCUT2D eigenvalue weighted by atomic mass is 19.1. The van der Waals surface area contributed by atoms with Crippen molar-refractivity contribution in [3.05, 3.63) is 35.4 Å². The molecule has 1 saturated heterocycles. The Balaban J connectivity index is 1.89. The summed E-state index contributed by atoms with van der Waals surface area (Å²) in [6, 6.07) is 2.81. The first-order valence-electron chi connectivity index (χ1n) is 6.61. The largest absolute Gasteiger partial charge is 0.378 e. The topological polar surface area (TPSA) is 50.4 Å². The van der Waals surface area contributed by atoms with E-state index >= 15 is 0 Å². The molecule has 1 heterocycles. The molecule has 0 spiro atoms. The molecule has 0 radical (unpaired) electrons. The predicted octanol–water partition coefficient (Wildman–Crippen LogP) is 1.52. The average molecular weight is 284 g/mol. The number of amides is 1. The minimum Gasteiger partial charge on any atom is -0.378 e. The van der Waals surface area contributed by atoms with Crippen molar-refractivity contribution in [2.24, 2.45) is 0 Å². The van der Waals surface area contributed by atoms with Crippen molar-refractivity contribution in [2.45, 2.75) is 25.4 Å². The Labute approximate surface area is 116 Å². The molecule has 0 aromatic heterocycles. The van der Waals surface area contributed by atoms with Crippen LogP contribution in [0.5, 0.6) is 0 Å². The molecule has 1 aromatic carbocycles. The SMILES string of the molecule is C[C@@H](NC(=O)CC1COCCN1)c1ccc(F)cc1F. The van der Waals surface area contributed by atoms with Crippen molar-refractivity contribution in [1.29, 1.82) is 0 Å². The quantitative estimate of drug-likeness (QED) is 0.881. The summed E-state index contributed by atoms with van der Waals surface area (Å²) < 4.78 is 31.7. The minimum absolute atomic E-state index is 0.0194. The summed E-state index contributed by atoms with van der Waals surface area (Å²) in [6.07, 6.45) is 0.271. The van der Waals surface area contributed by atoms with Gasteiger partial charge >= 0.3 is 0 Å². The fourth-order valence-corrected chi connectivity index (χ4v) is 2.21. The van der Waals surface area contributed by atoms with Crippen molar-refractivity contribution in [2.75, 3.05) is 19.8 Å². The molecule has 1 unspecified atom stereocenters. The Morgan fingerprint density at radius 2 is 2.35 bits per heavy atom. The Kier molecular flexibility index (Phi) is 5.03. The van der Waals surface area contributed by atoms with Crippen LogP contribution in [0, 0.1) is 11.6 Å². The molecule has 20 heavy (non-hydrogen) atoms. The van der Waals surface area contributed by atoms with Gasteiger partial charge in [0.2, 0.25) is 5.91 Å². The van der Waals surface area contributed by atoms with Gasteiger partial charge < -0.3 is 15.4 Å². The van der Waals surface area contributed by atoms with Crippen molar-refractivity contribution < 1.29 is 18.3 Å². The van der Waals surface area contributed by atoms with Gasteiger partial charge in [-0.1, -0.05) is 6.07 Å². The van der Waals surface area contributed by atoms with Gasteiger partial charge in [-0.15, -0.1) is 0 Å². The van der Waals surface area contributed by atoms with Crippen LogP contribution in [0.15, 0.2) is 18.2 Å². The van der Waals surface area contributed by atoms with Crippen LogP contribution < -0.4 is 10.6 Å².